The number of phosphoric ester groups is 2. The van der Waals surface area contributed by atoms with Crippen molar-refractivity contribution in [3.05, 3.63) is 0 Å². The van der Waals surface area contributed by atoms with Crippen LogP contribution >= 0.6 is 15.6 Å². The molecule has 0 aliphatic carbocycles. The van der Waals surface area contributed by atoms with Crippen LogP contribution in [0.2, 0.25) is 0 Å². The van der Waals surface area contributed by atoms with Crippen LogP contribution in [0.3, 0.4) is 0 Å². The third kappa shape index (κ3) is 70.3. The summed E-state index contributed by atoms with van der Waals surface area (Å²) in [5, 5.41) is 10.6. The second kappa shape index (κ2) is 69.2. The number of rotatable bonds is 76. The largest absolute Gasteiger partial charge is 0.472 e. The fourth-order valence-electron chi connectivity index (χ4n) is 11.7. The summed E-state index contributed by atoms with van der Waals surface area (Å²) in [6.45, 7) is 7.25. The molecule has 19 heteroatoms. The van der Waals surface area contributed by atoms with Gasteiger partial charge in [0.05, 0.1) is 26.4 Å². The van der Waals surface area contributed by atoms with Crippen molar-refractivity contribution in [1.29, 1.82) is 0 Å². The summed E-state index contributed by atoms with van der Waals surface area (Å²) in [7, 11) is -9.90. The fraction of sp³-hybridized carbons (Fsp3) is 0.947. The molecule has 3 N–H and O–H groups in total. The second-order valence-corrected chi connectivity index (χ2v) is 30.8. The molecule has 0 heterocycles. The summed E-state index contributed by atoms with van der Waals surface area (Å²) in [6.07, 6.45) is 58.6. The molecule has 17 nitrogen and oxygen atoms in total. The van der Waals surface area contributed by atoms with Gasteiger partial charge in [0.1, 0.15) is 19.3 Å². The van der Waals surface area contributed by atoms with Crippen LogP contribution in [-0.4, -0.2) is 96.7 Å². The van der Waals surface area contributed by atoms with Crippen LogP contribution in [0, 0.1) is 5.92 Å². The zero-order valence-corrected chi connectivity index (χ0v) is 63.6. The maximum atomic E-state index is 13.1. The van der Waals surface area contributed by atoms with Gasteiger partial charge in [0.25, 0.3) is 0 Å². The van der Waals surface area contributed by atoms with E-state index in [-0.39, 0.29) is 25.7 Å². The van der Waals surface area contributed by atoms with Crippen LogP contribution in [0.15, 0.2) is 0 Å². The lowest BCUT2D eigenvalue weighted by molar-refractivity contribution is -0.161. The number of unbranched alkanes of at least 4 members (excludes halogenated alkanes) is 48. The van der Waals surface area contributed by atoms with Gasteiger partial charge in [-0.05, 0) is 31.6 Å². The van der Waals surface area contributed by atoms with Crippen molar-refractivity contribution in [2.24, 2.45) is 5.92 Å². The second-order valence-electron chi connectivity index (χ2n) is 27.9. The van der Waals surface area contributed by atoms with Gasteiger partial charge in [-0.25, -0.2) is 9.13 Å². The summed E-state index contributed by atoms with van der Waals surface area (Å²) in [5.41, 5.74) is 0. The highest BCUT2D eigenvalue weighted by molar-refractivity contribution is 7.47. The topological polar surface area (TPSA) is 237 Å². The fourth-order valence-corrected chi connectivity index (χ4v) is 13.3. The van der Waals surface area contributed by atoms with Crippen molar-refractivity contribution in [1.82, 2.24) is 0 Å². The third-order valence-electron chi connectivity index (χ3n) is 17.8. The Morgan fingerprint density at radius 2 is 0.484 bits per heavy atom. The van der Waals surface area contributed by atoms with Crippen LogP contribution < -0.4 is 0 Å². The third-order valence-corrected chi connectivity index (χ3v) is 19.7. The maximum Gasteiger partial charge on any atom is 0.472 e. The van der Waals surface area contributed by atoms with E-state index in [1.165, 1.54) is 212 Å². The van der Waals surface area contributed by atoms with Crippen LogP contribution in [0.4, 0.5) is 0 Å². The smallest absolute Gasteiger partial charge is 0.462 e. The molecule has 0 spiro atoms. The van der Waals surface area contributed by atoms with E-state index in [1.807, 2.05) is 0 Å². The van der Waals surface area contributed by atoms with Gasteiger partial charge >= 0.3 is 39.5 Å². The standard InChI is InChI=1S/C76H148O17P2/c1-6-9-12-15-18-20-22-23-24-25-26-27-28-29-30-31-34-38-42-47-52-57-62-76(81)93-72(66-87-74(79)60-55-50-45-41-37-35-32-33-36-39-44-48-53-58-69(4)5)68-91-95(84,85)89-64-70(77)63-88-94(82,83)90-67-71(65-86-73(78)59-54-49-43-17-14-11-8-3)92-75(80)61-56-51-46-40-21-19-16-13-10-7-2/h69-72,77H,6-68H2,1-5H3,(H,82,83)(H,84,85)/t70-,71+,72+/m0/s1. The lowest BCUT2D eigenvalue weighted by atomic mass is 10.0. The van der Waals surface area contributed by atoms with E-state index in [1.54, 1.807) is 0 Å². The Labute approximate surface area is 581 Å². The minimum absolute atomic E-state index is 0.106. The first-order valence-corrected chi connectivity index (χ1v) is 42.6. The SMILES string of the molecule is CCCCCCCCCCCCCCCCCCCCCCCCC(=O)O[C@H](COC(=O)CCCCCCCCCCCCCCCC(C)C)COP(=O)(O)OC[C@@H](O)COP(=O)(O)OC[C@@H](COC(=O)CCCCCCCCC)OC(=O)CCCCCCCCCCCC. The van der Waals surface area contributed by atoms with Gasteiger partial charge in [-0.1, -0.05) is 349 Å². The molecule has 564 valence electrons. The van der Waals surface area contributed by atoms with Gasteiger partial charge in [0.2, 0.25) is 0 Å². The van der Waals surface area contributed by atoms with Gasteiger partial charge in [0.15, 0.2) is 12.2 Å². The number of carbonyl (C=O) groups is 4. The van der Waals surface area contributed by atoms with Crippen molar-refractivity contribution in [2.45, 2.75) is 419 Å². The minimum Gasteiger partial charge on any atom is -0.462 e. The molecule has 0 amide bonds. The number of carbonyl (C=O) groups excluding carboxylic acids is 4. The van der Waals surface area contributed by atoms with Crippen LogP contribution in [-0.2, 0) is 65.4 Å². The van der Waals surface area contributed by atoms with Gasteiger partial charge in [-0.3, -0.25) is 37.3 Å². The Morgan fingerprint density at radius 3 is 0.716 bits per heavy atom. The molecule has 0 saturated heterocycles. The number of phosphoric acid groups is 2. The number of aliphatic hydroxyl groups excluding tert-OH is 1. The molecular formula is C76H148O17P2. The zero-order chi connectivity index (χ0) is 69.8. The minimum atomic E-state index is -4.96. The molecule has 0 aromatic carbocycles. The monoisotopic (exact) mass is 1400 g/mol. The molecule has 5 atom stereocenters. The molecule has 2 unspecified atom stereocenters. The number of ether oxygens (including phenoxy) is 4. The predicted molar refractivity (Wildman–Crippen MR) is 386 cm³/mol. The van der Waals surface area contributed by atoms with E-state index >= 15 is 0 Å². The Bertz CT molecular complexity index is 1820. The predicted octanol–water partition coefficient (Wildman–Crippen LogP) is 22.5. The average Bonchev–Trinajstić information content (AvgIpc) is 1.69. The summed E-state index contributed by atoms with van der Waals surface area (Å²) in [5.74, 6) is -1.33. The van der Waals surface area contributed by atoms with E-state index in [0.29, 0.717) is 25.7 Å². The molecule has 0 aromatic heterocycles. The van der Waals surface area contributed by atoms with Gasteiger partial charge in [0, 0.05) is 25.7 Å². The van der Waals surface area contributed by atoms with Gasteiger partial charge < -0.3 is 33.8 Å². The molecule has 95 heavy (non-hydrogen) atoms. The first kappa shape index (κ1) is 93.1. The van der Waals surface area contributed by atoms with Crippen molar-refractivity contribution < 1.29 is 80.2 Å². The summed E-state index contributed by atoms with van der Waals surface area (Å²) < 4.78 is 68.3. The Morgan fingerprint density at radius 1 is 0.284 bits per heavy atom. The van der Waals surface area contributed by atoms with Gasteiger partial charge in [-0.2, -0.15) is 0 Å². The molecule has 0 aromatic rings. The zero-order valence-electron chi connectivity index (χ0n) is 61.8. The molecule has 0 fully saturated rings. The van der Waals surface area contributed by atoms with E-state index < -0.39 is 97.5 Å². The normalized spacial score (nSPS) is 13.9. The summed E-state index contributed by atoms with van der Waals surface area (Å²) in [6, 6.07) is 0. The average molecular weight is 1400 g/mol. The Hall–Kier alpha value is -1.94. The van der Waals surface area contributed by atoms with Gasteiger partial charge in [-0.15, -0.1) is 0 Å². The highest BCUT2D eigenvalue weighted by Crippen LogP contribution is 2.45. The molecule has 0 bridgehead atoms. The van der Waals surface area contributed by atoms with E-state index in [0.717, 1.165) is 109 Å². The molecule has 0 aliphatic rings. The van der Waals surface area contributed by atoms with Crippen LogP contribution in [0.5, 0.6) is 0 Å². The maximum absolute atomic E-state index is 13.1. The number of esters is 4. The molecule has 0 aliphatic heterocycles. The van der Waals surface area contributed by atoms with Crippen molar-refractivity contribution >= 4 is 39.5 Å². The number of hydrogen-bond donors (Lipinski definition) is 3. The summed E-state index contributed by atoms with van der Waals surface area (Å²) >= 11 is 0. The molecule has 0 rings (SSSR count). The number of aliphatic hydroxyl groups is 1. The quantitative estimate of drug-likeness (QED) is 0.0222. The van der Waals surface area contributed by atoms with Crippen molar-refractivity contribution in [2.75, 3.05) is 39.6 Å². The lowest BCUT2D eigenvalue weighted by Crippen LogP contribution is -2.30. The highest BCUT2D eigenvalue weighted by Gasteiger charge is 2.30. The van der Waals surface area contributed by atoms with Crippen LogP contribution in [0.25, 0.3) is 0 Å². The summed E-state index contributed by atoms with van der Waals surface area (Å²) in [4.78, 5) is 72.6. The van der Waals surface area contributed by atoms with E-state index in [9.17, 15) is 43.2 Å². The highest BCUT2D eigenvalue weighted by atomic mass is 31.2. The van der Waals surface area contributed by atoms with E-state index in [4.69, 9.17) is 37.0 Å². The molecular weight excluding hydrogens is 1250 g/mol. The molecule has 0 radical (unpaired) electrons. The molecule has 0 saturated carbocycles. The Balaban J connectivity index is 5.14. The van der Waals surface area contributed by atoms with Crippen molar-refractivity contribution in [3.63, 3.8) is 0 Å². The first-order chi connectivity index (χ1) is 46.0. The first-order valence-electron chi connectivity index (χ1n) is 39.6. The Kier molecular flexibility index (Phi) is 67.7. The number of hydrogen-bond acceptors (Lipinski definition) is 15. The van der Waals surface area contributed by atoms with Crippen LogP contribution in [0.1, 0.15) is 401 Å². The lowest BCUT2D eigenvalue weighted by Gasteiger charge is -2.21. The van der Waals surface area contributed by atoms with Crippen molar-refractivity contribution in [3.8, 4) is 0 Å². The van der Waals surface area contributed by atoms with E-state index in [2.05, 4.69) is 34.6 Å².